The Balaban J connectivity index is 0.00000180. The van der Waals surface area contributed by atoms with Crippen molar-refractivity contribution in [1.29, 1.82) is 0 Å². The summed E-state index contributed by atoms with van der Waals surface area (Å²) < 4.78 is 1.75. The van der Waals surface area contributed by atoms with E-state index in [0.29, 0.717) is 16.3 Å². The number of nitrogens with zero attached hydrogens (tertiary/aromatic N) is 1. The molecule has 0 fully saturated rings. The van der Waals surface area contributed by atoms with Gasteiger partial charge in [-0.25, -0.2) is 0 Å². The Labute approximate surface area is 122 Å². The summed E-state index contributed by atoms with van der Waals surface area (Å²) in [5, 5.41) is 0.614. The lowest BCUT2D eigenvalue weighted by Crippen LogP contribution is -3.00. The van der Waals surface area contributed by atoms with Crippen molar-refractivity contribution in [3.05, 3.63) is 65.5 Å². The molecule has 0 aliphatic carbocycles. The maximum atomic E-state index is 11.8. The number of rotatable bonds is 3. The van der Waals surface area contributed by atoms with Crippen LogP contribution in [0.2, 0.25) is 5.02 Å². The molecule has 0 aliphatic heterocycles. The Hall–Kier alpha value is -1.84. The highest BCUT2D eigenvalue weighted by Crippen LogP contribution is 2.10. The second-order valence-electron chi connectivity index (χ2n) is 3.77. The molecule has 5 heteroatoms. The van der Waals surface area contributed by atoms with Crippen LogP contribution in [-0.2, 0) is 0 Å². The van der Waals surface area contributed by atoms with Crippen LogP contribution in [0.15, 0.2) is 54.9 Å². The lowest BCUT2D eigenvalue weighted by Gasteiger charge is -1.94. The first-order valence-electron chi connectivity index (χ1n) is 5.39. The second kappa shape index (κ2) is 6.92. The summed E-state index contributed by atoms with van der Waals surface area (Å²) in [6, 6.07) is 10.3. The van der Waals surface area contributed by atoms with Crippen molar-refractivity contribution in [2.45, 2.75) is 0 Å². The van der Waals surface area contributed by atoms with Gasteiger partial charge in [0.1, 0.15) is 0 Å². The maximum absolute atomic E-state index is 11.8. The van der Waals surface area contributed by atoms with Gasteiger partial charge in [-0.3, -0.25) is 4.79 Å². The van der Waals surface area contributed by atoms with E-state index >= 15 is 0 Å². The number of hydrogen-bond acceptors (Lipinski definition) is 2. The Kier molecular flexibility index (Phi) is 5.55. The van der Waals surface area contributed by atoms with E-state index in [1.165, 1.54) is 6.08 Å². The molecule has 0 aliphatic rings. The van der Waals surface area contributed by atoms with Gasteiger partial charge in [0.2, 0.25) is 0 Å². The Bertz CT molecular complexity index is 577. The van der Waals surface area contributed by atoms with E-state index < -0.39 is 0 Å². The molecule has 0 unspecified atom stereocenters. The summed E-state index contributed by atoms with van der Waals surface area (Å²) in [5.74, 6) is -0.0732. The topological polar surface area (TPSA) is 47.0 Å². The van der Waals surface area contributed by atoms with Crippen molar-refractivity contribution in [1.82, 2.24) is 0 Å². The number of nitrogens with two attached hydrogens (primary N) is 1. The molecule has 3 nitrogen and oxygen atoms in total. The molecule has 2 rings (SSSR count). The van der Waals surface area contributed by atoms with Crippen molar-refractivity contribution >= 4 is 29.3 Å². The largest absolute Gasteiger partial charge is 1.00 e. The zero-order chi connectivity index (χ0) is 13.0. The molecule has 2 N–H and O–H groups in total. The molecule has 0 amide bonds. The Morgan fingerprint density at radius 3 is 2.26 bits per heavy atom. The van der Waals surface area contributed by atoms with Crippen molar-refractivity contribution in [3.8, 4) is 0 Å². The average molecular weight is 295 g/mol. The molecule has 0 saturated heterocycles. The minimum Gasteiger partial charge on any atom is -1.00 e. The van der Waals surface area contributed by atoms with Crippen molar-refractivity contribution in [2.24, 2.45) is 0 Å². The number of aromatic nitrogens is 1. The van der Waals surface area contributed by atoms with Gasteiger partial charge in [0.05, 0.1) is 6.08 Å². The van der Waals surface area contributed by atoms with E-state index in [1.54, 1.807) is 59.6 Å². The summed E-state index contributed by atoms with van der Waals surface area (Å²) >= 11 is 5.76. The second-order valence-corrected chi connectivity index (χ2v) is 4.20. The molecular formula is C14H12Cl2N2O. The number of benzene rings is 1. The number of carbonyl (C=O) groups excluding carboxylic acids is 1. The number of halogens is 2. The van der Waals surface area contributed by atoms with Crippen molar-refractivity contribution in [3.63, 3.8) is 0 Å². The quantitative estimate of drug-likeness (QED) is 0.474. The van der Waals surface area contributed by atoms with Gasteiger partial charge in [0, 0.05) is 28.4 Å². The van der Waals surface area contributed by atoms with Gasteiger partial charge in [0.15, 0.2) is 24.4 Å². The third-order valence-electron chi connectivity index (χ3n) is 2.41. The lowest BCUT2D eigenvalue weighted by molar-refractivity contribution is -0.568. The van der Waals surface area contributed by atoms with Crippen LogP contribution in [0.4, 0.5) is 5.69 Å². The fraction of sp³-hybridized carbons (Fsp3) is 0. The first kappa shape index (κ1) is 15.2. The third kappa shape index (κ3) is 4.39. The minimum atomic E-state index is -0.0732. The van der Waals surface area contributed by atoms with Crippen LogP contribution in [0.5, 0.6) is 0 Å². The van der Waals surface area contributed by atoms with E-state index in [-0.39, 0.29) is 18.2 Å². The molecule has 0 spiro atoms. The number of carbonyl (C=O) groups is 1. The monoisotopic (exact) mass is 294 g/mol. The summed E-state index contributed by atoms with van der Waals surface area (Å²) in [5.41, 5.74) is 6.86. The number of nitrogen functional groups attached to an aromatic ring is 1. The van der Waals surface area contributed by atoms with Crippen molar-refractivity contribution in [2.75, 3.05) is 5.73 Å². The first-order chi connectivity index (χ1) is 8.65. The van der Waals surface area contributed by atoms with Gasteiger partial charge < -0.3 is 18.1 Å². The van der Waals surface area contributed by atoms with Crippen LogP contribution in [0.1, 0.15) is 10.4 Å². The van der Waals surface area contributed by atoms with Gasteiger partial charge in [-0.15, -0.1) is 0 Å². The van der Waals surface area contributed by atoms with Crippen molar-refractivity contribution < 1.29 is 21.8 Å². The van der Waals surface area contributed by atoms with Gasteiger partial charge in [-0.2, -0.15) is 4.57 Å². The molecule has 98 valence electrons. The normalized spacial score (nSPS) is 10.2. The fourth-order valence-corrected chi connectivity index (χ4v) is 1.54. The van der Waals surface area contributed by atoms with Crippen LogP contribution in [0.3, 0.4) is 0 Å². The van der Waals surface area contributed by atoms with Crippen LogP contribution in [0, 0.1) is 0 Å². The molecule has 0 bridgehead atoms. The maximum Gasteiger partial charge on any atom is 0.191 e. The predicted octanol–water partition coefficient (Wildman–Crippen LogP) is -0.433. The Morgan fingerprint density at radius 2 is 1.68 bits per heavy atom. The summed E-state index contributed by atoms with van der Waals surface area (Å²) in [6.45, 7) is 0. The van der Waals surface area contributed by atoms with E-state index in [1.807, 2.05) is 0 Å². The zero-order valence-corrected chi connectivity index (χ0v) is 11.5. The molecular weight excluding hydrogens is 283 g/mol. The molecule has 1 aromatic carbocycles. The number of pyridine rings is 1. The number of hydrogen-bond donors (Lipinski definition) is 1. The highest BCUT2D eigenvalue weighted by atomic mass is 35.5. The molecule has 0 radical (unpaired) electrons. The highest BCUT2D eigenvalue weighted by molar-refractivity contribution is 6.30. The lowest BCUT2D eigenvalue weighted by atomic mass is 10.1. The van der Waals surface area contributed by atoms with Gasteiger partial charge >= 0.3 is 0 Å². The Morgan fingerprint density at radius 1 is 1.11 bits per heavy atom. The smallest absolute Gasteiger partial charge is 0.191 e. The zero-order valence-electron chi connectivity index (χ0n) is 9.96. The first-order valence-corrected chi connectivity index (χ1v) is 5.77. The molecule has 2 aromatic rings. The third-order valence-corrected chi connectivity index (χ3v) is 2.66. The molecule has 19 heavy (non-hydrogen) atoms. The molecule has 1 heterocycles. The predicted molar refractivity (Wildman–Crippen MR) is 72.2 cm³/mol. The molecule has 0 saturated carbocycles. The molecule has 0 atom stereocenters. The SMILES string of the molecule is Nc1cc[n+](/C=C/C(=O)c2ccc(Cl)cc2)cc1.[Cl-]. The van der Waals surface area contributed by atoms with E-state index in [4.69, 9.17) is 17.3 Å². The standard InChI is InChI=1S/C14H11ClN2O.ClH/c15-12-3-1-11(2-4-12)14(18)7-10-17-8-5-13(16)6-9-17;/h1-10,16H;1H/b10-7+;. The highest BCUT2D eigenvalue weighted by Gasteiger charge is 2.03. The number of ketones is 1. The van der Waals surface area contributed by atoms with E-state index in [9.17, 15) is 4.79 Å². The summed E-state index contributed by atoms with van der Waals surface area (Å²) in [6.07, 6.45) is 6.73. The average Bonchev–Trinajstić information content (AvgIpc) is 2.38. The van der Waals surface area contributed by atoms with Crippen LogP contribution in [0.25, 0.3) is 6.20 Å². The van der Waals surface area contributed by atoms with Gasteiger partial charge in [0.25, 0.3) is 0 Å². The summed E-state index contributed by atoms with van der Waals surface area (Å²) in [4.78, 5) is 11.8. The van der Waals surface area contributed by atoms with Crippen LogP contribution < -0.4 is 22.7 Å². The summed E-state index contributed by atoms with van der Waals surface area (Å²) in [7, 11) is 0. The van der Waals surface area contributed by atoms with E-state index in [0.717, 1.165) is 0 Å². The van der Waals surface area contributed by atoms with Crippen LogP contribution >= 0.6 is 11.6 Å². The van der Waals surface area contributed by atoms with Gasteiger partial charge in [-0.05, 0) is 24.3 Å². The van der Waals surface area contributed by atoms with Crippen LogP contribution in [-0.4, -0.2) is 5.78 Å². The van der Waals surface area contributed by atoms with E-state index in [2.05, 4.69) is 0 Å². The molecule has 1 aromatic heterocycles. The number of anilines is 1. The van der Waals surface area contributed by atoms with Gasteiger partial charge in [-0.1, -0.05) is 11.6 Å². The fourth-order valence-electron chi connectivity index (χ4n) is 1.41. The number of allylic oxidation sites excluding steroid dienone is 1. The minimum absolute atomic E-state index is 0.